The van der Waals surface area contributed by atoms with Crippen LogP contribution >= 0.6 is 0 Å². The van der Waals surface area contributed by atoms with Crippen LogP contribution in [0.25, 0.3) is 10.9 Å². The Morgan fingerprint density at radius 1 is 1.19 bits per heavy atom. The van der Waals surface area contributed by atoms with Crippen LogP contribution in [-0.2, 0) is 7.05 Å². The topological polar surface area (TPSA) is 81.0 Å². The maximum Gasteiger partial charge on any atom is 0.258 e. The highest BCUT2D eigenvalue weighted by molar-refractivity contribution is 5.88. The number of aryl methyl sites for hydroxylation is 1. The van der Waals surface area contributed by atoms with Gasteiger partial charge in [-0.25, -0.2) is 4.39 Å². The lowest BCUT2D eigenvalue weighted by molar-refractivity contribution is 0.394. The van der Waals surface area contributed by atoms with E-state index in [-0.39, 0.29) is 33.9 Å². The molecule has 0 radical (unpaired) electrons. The zero-order chi connectivity index (χ0) is 18.4. The number of para-hydroxylation sites is 1. The average molecular weight is 347 g/mol. The van der Waals surface area contributed by atoms with Gasteiger partial charge in [-0.3, -0.25) is 4.79 Å². The van der Waals surface area contributed by atoms with Crippen LogP contribution in [0, 0.1) is 17.1 Å². The predicted octanol–water partition coefficient (Wildman–Crippen LogP) is 2.90. The zero-order valence-electron chi connectivity index (χ0n) is 13.9. The van der Waals surface area contributed by atoms with Crippen LogP contribution < -0.4 is 16.0 Å². The Kier molecular flexibility index (Phi) is 3.51. The number of allylic oxidation sites excluding steroid dienone is 1. The molecule has 0 saturated heterocycles. The molecule has 2 aromatic carbocycles. The Bertz CT molecular complexity index is 1190. The standard InChI is InChI=1S/C20H14FN3O2/c1-24-15-9-5-3-7-12(15)18-17(20(24)25)16(13(10-22)19(23)26-18)11-6-2-4-8-14(11)21/h2-9,16H,23H2,1H3/t16-/m1/s1. The van der Waals surface area contributed by atoms with E-state index in [4.69, 9.17) is 10.5 Å². The van der Waals surface area contributed by atoms with Gasteiger partial charge in [-0.15, -0.1) is 0 Å². The van der Waals surface area contributed by atoms with Crippen LogP contribution in [0.1, 0.15) is 17.0 Å². The first-order valence-corrected chi connectivity index (χ1v) is 7.98. The van der Waals surface area contributed by atoms with Crippen LogP contribution in [0.5, 0.6) is 5.75 Å². The molecule has 1 aliphatic rings. The highest BCUT2D eigenvalue weighted by Gasteiger charge is 2.36. The number of hydrogen-bond donors (Lipinski definition) is 1. The Labute approximate surface area is 148 Å². The summed E-state index contributed by atoms with van der Waals surface area (Å²) in [4.78, 5) is 13.1. The molecular formula is C20H14FN3O2. The third-order valence-electron chi connectivity index (χ3n) is 4.68. The molecule has 1 aliphatic heterocycles. The van der Waals surface area contributed by atoms with E-state index in [9.17, 15) is 14.4 Å². The number of fused-ring (bicyclic) bond motifs is 3. The highest BCUT2D eigenvalue weighted by Crippen LogP contribution is 2.43. The minimum absolute atomic E-state index is 0.0231. The van der Waals surface area contributed by atoms with Gasteiger partial charge >= 0.3 is 0 Å². The van der Waals surface area contributed by atoms with E-state index < -0.39 is 11.7 Å². The molecule has 2 heterocycles. The van der Waals surface area contributed by atoms with Gasteiger partial charge in [0.15, 0.2) is 0 Å². The molecule has 0 spiro atoms. The summed E-state index contributed by atoms with van der Waals surface area (Å²) in [6, 6.07) is 15.2. The fourth-order valence-corrected chi connectivity index (χ4v) is 3.45. The van der Waals surface area contributed by atoms with Crippen molar-refractivity contribution in [2.45, 2.75) is 5.92 Å². The summed E-state index contributed by atoms with van der Waals surface area (Å²) in [7, 11) is 1.64. The minimum Gasteiger partial charge on any atom is -0.439 e. The second-order valence-corrected chi connectivity index (χ2v) is 6.07. The van der Waals surface area contributed by atoms with Gasteiger partial charge in [0.1, 0.15) is 23.2 Å². The van der Waals surface area contributed by atoms with Gasteiger partial charge in [-0.2, -0.15) is 5.26 Å². The number of ether oxygens (including phenoxy) is 1. The summed E-state index contributed by atoms with van der Waals surface area (Å²) in [6.45, 7) is 0. The van der Waals surface area contributed by atoms with Crippen molar-refractivity contribution in [1.82, 2.24) is 4.57 Å². The van der Waals surface area contributed by atoms with Crippen LogP contribution in [-0.4, -0.2) is 4.57 Å². The molecule has 128 valence electrons. The van der Waals surface area contributed by atoms with Crippen molar-refractivity contribution in [2.24, 2.45) is 12.8 Å². The molecule has 1 atom stereocenters. The van der Waals surface area contributed by atoms with E-state index in [1.54, 1.807) is 37.4 Å². The number of rotatable bonds is 1. The molecule has 2 N–H and O–H groups in total. The number of aromatic nitrogens is 1. The summed E-state index contributed by atoms with van der Waals surface area (Å²) in [5.41, 5.74) is 6.72. The van der Waals surface area contributed by atoms with Crippen LogP contribution in [0.3, 0.4) is 0 Å². The van der Waals surface area contributed by atoms with Gasteiger partial charge in [-0.05, 0) is 18.2 Å². The molecule has 0 aliphatic carbocycles. The summed E-state index contributed by atoms with van der Waals surface area (Å²) < 4.78 is 21.7. The van der Waals surface area contributed by atoms with E-state index in [2.05, 4.69) is 0 Å². The third kappa shape index (κ3) is 2.11. The molecule has 0 fully saturated rings. The summed E-state index contributed by atoms with van der Waals surface area (Å²) in [6.07, 6.45) is 0. The number of halogens is 1. The monoisotopic (exact) mass is 347 g/mol. The van der Waals surface area contributed by atoms with Crippen LogP contribution in [0.4, 0.5) is 4.39 Å². The van der Waals surface area contributed by atoms with E-state index in [0.717, 1.165) is 0 Å². The van der Waals surface area contributed by atoms with Crippen molar-refractivity contribution < 1.29 is 9.13 Å². The number of benzene rings is 2. The zero-order valence-corrected chi connectivity index (χ0v) is 13.9. The summed E-state index contributed by atoms with van der Waals surface area (Å²) >= 11 is 0. The number of nitriles is 1. The van der Waals surface area contributed by atoms with Crippen molar-refractivity contribution in [1.29, 1.82) is 5.26 Å². The first-order chi connectivity index (χ1) is 12.5. The van der Waals surface area contributed by atoms with E-state index in [0.29, 0.717) is 10.9 Å². The van der Waals surface area contributed by atoms with Crippen molar-refractivity contribution in [3.8, 4) is 11.8 Å². The second-order valence-electron chi connectivity index (χ2n) is 6.07. The fourth-order valence-electron chi connectivity index (χ4n) is 3.45. The van der Waals surface area contributed by atoms with Crippen molar-refractivity contribution in [2.75, 3.05) is 0 Å². The first-order valence-electron chi connectivity index (χ1n) is 7.98. The highest BCUT2D eigenvalue weighted by atomic mass is 19.1. The van der Waals surface area contributed by atoms with Gasteiger partial charge < -0.3 is 15.0 Å². The molecule has 4 rings (SSSR count). The van der Waals surface area contributed by atoms with E-state index in [1.165, 1.54) is 10.6 Å². The average Bonchev–Trinajstić information content (AvgIpc) is 2.65. The smallest absolute Gasteiger partial charge is 0.258 e. The van der Waals surface area contributed by atoms with Gasteiger partial charge in [0.25, 0.3) is 5.56 Å². The lowest BCUT2D eigenvalue weighted by atomic mass is 9.83. The lowest BCUT2D eigenvalue weighted by Gasteiger charge is -2.27. The van der Waals surface area contributed by atoms with E-state index in [1.807, 2.05) is 18.2 Å². The van der Waals surface area contributed by atoms with Crippen molar-refractivity contribution >= 4 is 10.9 Å². The Hall–Kier alpha value is -3.59. The van der Waals surface area contributed by atoms with E-state index >= 15 is 0 Å². The number of nitrogens with zero attached hydrogens (tertiary/aromatic N) is 2. The largest absolute Gasteiger partial charge is 0.439 e. The number of hydrogen-bond acceptors (Lipinski definition) is 4. The third-order valence-corrected chi connectivity index (χ3v) is 4.68. The lowest BCUT2D eigenvalue weighted by Crippen LogP contribution is -2.31. The molecule has 26 heavy (non-hydrogen) atoms. The fraction of sp³-hybridized carbons (Fsp3) is 0.100. The quantitative estimate of drug-likeness (QED) is 0.734. The van der Waals surface area contributed by atoms with Crippen molar-refractivity contribution in [3.05, 3.63) is 87.3 Å². The predicted molar refractivity (Wildman–Crippen MR) is 94.9 cm³/mol. The van der Waals surface area contributed by atoms with Gasteiger partial charge in [0.2, 0.25) is 5.88 Å². The summed E-state index contributed by atoms with van der Waals surface area (Å²) in [5.74, 6) is -1.28. The number of nitrogens with two attached hydrogens (primary N) is 1. The van der Waals surface area contributed by atoms with Crippen LogP contribution in [0.15, 0.2) is 64.8 Å². The molecule has 0 bridgehead atoms. The first kappa shape index (κ1) is 15.9. The molecule has 1 aromatic heterocycles. The molecule has 5 nitrogen and oxygen atoms in total. The Morgan fingerprint density at radius 3 is 2.62 bits per heavy atom. The molecule has 0 unspecified atom stereocenters. The SMILES string of the molecule is Cn1c(=O)c2c(c3ccccc31)OC(N)=C(C#N)[C@H]2c1ccccc1F. The maximum absolute atomic E-state index is 14.5. The van der Waals surface area contributed by atoms with Gasteiger partial charge in [-0.1, -0.05) is 30.3 Å². The van der Waals surface area contributed by atoms with Crippen LogP contribution in [0.2, 0.25) is 0 Å². The summed E-state index contributed by atoms with van der Waals surface area (Å²) in [5, 5.41) is 10.3. The van der Waals surface area contributed by atoms with Gasteiger partial charge in [0.05, 0.1) is 17.0 Å². The van der Waals surface area contributed by atoms with Gasteiger partial charge in [0, 0.05) is 18.0 Å². The molecule has 3 aromatic rings. The Balaban J connectivity index is 2.16. The second kappa shape index (κ2) is 5.74. The molecule has 0 saturated carbocycles. The Morgan fingerprint density at radius 2 is 1.88 bits per heavy atom. The molecule has 0 amide bonds. The minimum atomic E-state index is -0.923. The molecule has 6 heteroatoms. The van der Waals surface area contributed by atoms with Crippen molar-refractivity contribution in [3.63, 3.8) is 0 Å². The normalized spacial score (nSPS) is 16.1. The maximum atomic E-state index is 14.5. The molecular weight excluding hydrogens is 333 g/mol. The number of pyridine rings is 1.